The van der Waals surface area contributed by atoms with E-state index in [1.165, 1.54) is 0 Å². The number of carbonyl (C=O) groups excluding carboxylic acids is 1. The predicted molar refractivity (Wildman–Crippen MR) is 182 cm³/mol. The van der Waals surface area contributed by atoms with E-state index in [0.717, 1.165) is 5.56 Å². The second-order valence-electron chi connectivity index (χ2n) is 17.1. The molecule has 3 aliphatic heterocycles. The smallest absolute Gasteiger partial charge is 0.250 e. The maximum Gasteiger partial charge on any atom is 0.250 e. The predicted octanol–water partition coefficient (Wildman–Crippen LogP) is 7.93. The fraction of sp³-hybridized carbons (Fsp3) is 0.694. The fourth-order valence-corrected chi connectivity index (χ4v) is 8.91. The van der Waals surface area contributed by atoms with Crippen molar-refractivity contribution in [2.24, 2.45) is 11.8 Å². The van der Waals surface area contributed by atoms with Crippen LogP contribution in [0, 0.1) is 11.8 Å². The number of rotatable bonds is 9. The van der Waals surface area contributed by atoms with Crippen molar-refractivity contribution in [2.75, 3.05) is 6.61 Å². The fourth-order valence-electron chi connectivity index (χ4n) is 6.87. The van der Waals surface area contributed by atoms with Gasteiger partial charge in [0.05, 0.1) is 25.4 Å². The van der Waals surface area contributed by atoms with E-state index in [-0.39, 0.29) is 21.8 Å². The minimum Gasteiger partial charge on any atom is -0.541 e. The van der Waals surface area contributed by atoms with Gasteiger partial charge in [0.15, 0.2) is 14.1 Å². The lowest BCUT2D eigenvalue weighted by molar-refractivity contribution is -0.208. The van der Waals surface area contributed by atoms with Gasteiger partial charge in [-0.05, 0) is 68.2 Å². The zero-order chi connectivity index (χ0) is 33.4. The van der Waals surface area contributed by atoms with E-state index >= 15 is 4.79 Å². The van der Waals surface area contributed by atoms with Crippen LogP contribution in [-0.2, 0) is 39.2 Å². The largest absolute Gasteiger partial charge is 0.541 e. The summed E-state index contributed by atoms with van der Waals surface area (Å²) in [5.74, 6) is -1.42. The lowest BCUT2D eigenvalue weighted by Gasteiger charge is -2.51. The Kier molecular flexibility index (Phi) is 8.68. The summed E-state index contributed by atoms with van der Waals surface area (Å²) in [5.41, 5.74) is -1.12. The van der Waals surface area contributed by atoms with Crippen LogP contribution in [0.4, 0.5) is 0 Å². The molecule has 3 fully saturated rings. The Balaban J connectivity index is 1.63. The number of fused-ring (bicyclic) bond motifs is 2. The summed E-state index contributed by atoms with van der Waals surface area (Å²) in [7, 11) is -4.57. The van der Waals surface area contributed by atoms with Crippen LogP contribution in [0.1, 0.15) is 67.4 Å². The van der Waals surface area contributed by atoms with Gasteiger partial charge in [0.25, 0.3) is 8.32 Å². The van der Waals surface area contributed by atoms with E-state index in [2.05, 4.69) is 86.4 Å². The second kappa shape index (κ2) is 11.2. The Bertz CT molecular complexity index is 1320. The van der Waals surface area contributed by atoms with E-state index in [1.807, 2.05) is 44.2 Å². The molecule has 0 amide bonds. The highest BCUT2D eigenvalue weighted by atomic mass is 28.4. The summed E-state index contributed by atoms with van der Waals surface area (Å²) in [6.45, 7) is 30.9. The molecule has 0 radical (unpaired) electrons. The molecular formula is C36H56O7Si2. The Morgan fingerprint density at radius 1 is 0.956 bits per heavy atom. The molecule has 0 N–H and O–H groups in total. The average Bonchev–Trinajstić information content (AvgIpc) is 3.39. The molecular weight excluding hydrogens is 601 g/mol. The number of benzene rings is 1. The van der Waals surface area contributed by atoms with E-state index in [9.17, 15) is 0 Å². The van der Waals surface area contributed by atoms with E-state index in [4.69, 9.17) is 27.8 Å². The first-order valence-corrected chi connectivity index (χ1v) is 22.3. The number of hydrogen-bond donors (Lipinski definition) is 0. The van der Waals surface area contributed by atoms with E-state index < -0.39 is 57.9 Å². The van der Waals surface area contributed by atoms with E-state index in [1.54, 1.807) is 0 Å². The van der Waals surface area contributed by atoms with Crippen LogP contribution in [0.15, 0.2) is 54.8 Å². The highest BCUT2D eigenvalue weighted by Gasteiger charge is 2.75. The minimum atomic E-state index is -2.40. The normalized spacial score (nSPS) is 34.6. The minimum absolute atomic E-state index is 0.0105. The Hall–Kier alpha value is -1.60. The van der Waals surface area contributed by atoms with Gasteiger partial charge in [0, 0.05) is 11.8 Å². The topological polar surface area (TPSA) is 72.5 Å². The van der Waals surface area contributed by atoms with Gasteiger partial charge >= 0.3 is 0 Å². The van der Waals surface area contributed by atoms with Gasteiger partial charge in [-0.15, -0.1) is 6.58 Å². The maximum atomic E-state index is 15.1. The van der Waals surface area contributed by atoms with Crippen molar-refractivity contribution in [1.82, 2.24) is 0 Å². The molecule has 2 saturated heterocycles. The summed E-state index contributed by atoms with van der Waals surface area (Å²) in [6.07, 6.45) is 2.97. The van der Waals surface area contributed by atoms with Crippen molar-refractivity contribution in [2.45, 2.75) is 140 Å². The van der Waals surface area contributed by atoms with Crippen molar-refractivity contribution in [3.8, 4) is 0 Å². The van der Waals surface area contributed by atoms with Crippen LogP contribution < -0.4 is 0 Å². The van der Waals surface area contributed by atoms with Crippen molar-refractivity contribution in [1.29, 1.82) is 0 Å². The number of hydrogen-bond acceptors (Lipinski definition) is 7. The summed E-state index contributed by atoms with van der Waals surface area (Å²) < 4.78 is 41.0. The third-order valence-electron chi connectivity index (χ3n) is 11.4. The lowest BCUT2D eigenvalue weighted by Crippen LogP contribution is -2.67. The molecule has 4 aliphatic rings. The summed E-state index contributed by atoms with van der Waals surface area (Å²) >= 11 is 0. The highest BCUT2D eigenvalue weighted by Crippen LogP contribution is 2.61. The molecule has 2 bridgehead atoms. The van der Waals surface area contributed by atoms with Crippen LogP contribution in [0.5, 0.6) is 0 Å². The summed E-state index contributed by atoms with van der Waals surface area (Å²) in [4.78, 5) is 15.1. The first kappa shape index (κ1) is 34.7. The number of Topliss-reactive ketones (excluding diaryl/α,β-unsaturated/α-hetero) is 1. The third kappa shape index (κ3) is 6.00. The highest BCUT2D eigenvalue weighted by molar-refractivity contribution is 6.74. The van der Waals surface area contributed by atoms with Crippen LogP contribution in [0.3, 0.4) is 0 Å². The quantitative estimate of drug-likeness (QED) is 0.197. The Morgan fingerprint density at radius 3 is 2.13 bits per heavy atom. The summed E-state index contributed by atoms with van der Waals surface area (Å²) in [5, 5.41) is -0.0900. The zero-order valence-corrected chi connectivity index (χ0v) is 31.6. The van der Waals surface area contributed by atoms with E-state index in [0.29, 0.717) is 25.4 Å². The molecule has 9 heteroatoms. The Morgan fingerprint density at radius 2 is 1.56 bits per heavy atom. The van der Waals surface area contributed by atoms with Crippen molar-refractivity contribution in [3.63, 3.8) is 0 Å². The molecule has 1 aromatic carbocycles. The van der Waals surface area contributed by atoms with Gasteiger partial charge in [0.2, 0.25) is 5.78 Å². The summed E-state index contributed by atoms with van der Waals surface area (Å²) in [6, 6.07) is 10.1. The molecule has 1 spiro atoms. The van der Waals surface area contributed by atoms with Gasteiger partial charge in [-0.2, -0.15) is 0 Å². The van der Waals surface area contributed by atoms with Crippen LogP contribution in [-0.4, -0.2) is 64.3 Å². The van der Waals surface area contributed by atoms with Gasteiger partial charge in [0.1, 0.15) is 23.1 Å². The molecule has 3 heterocycles. The SMILES string of the molecule is C=C[C@@H]1[C@H]2OC(C)(C)O[C@@H]2[C@H](OCc2ccccc2)[C@@H]2C[C@@]3(CO[Si](C)(C)C(C)(C)C)C=C(O[Si](C)(C)C(C)(C)C)C(=O)[C@@]12O3. The molecule has 0 unspecified atom stereocenters. The number of ketones is 1. The van der Waals surface area contributed by atoms with Gasteiger partial charge < -0.3 is 27.8 Å². The first-order chi connectivity index (χ1) is 20.6. The molecule has 45 heavy (non-hydrogen) atoms. The molecule has 0 aromatic heterocycles. The molecule has 1 saturated carbocycles. The van der Waals surface area contributed by atoms with Crippen LogP contribution in [0.2, 0.25) is 36.3 Å². The molecule has 7 atom stereocenters. The molecule has 1 aliphatic carbocycles. The average molecular weight is 657 g/mol. The van der Waals surface area contributed by atoms with Crippen molar-refractivity contribution in [3.05, 3.63) is 60.4 Å². The standard InChI is InChI=1S/C36H56O7Si2/c1-14-25-29-30(41-34(8,9)40-29)28(38-22-24-18-16-15-17-19-24)26-20-35(23-39-44(10,11)32(2,3)4)21-27(31(37)36(25,26)43-35)42-45(12,13)33(5,6)7/h14-19,21,25-26,28-30H,1,20,22-23H2,2-13H3/t25-,26+,28-,29-,30-,35+,36-/m1/s1. The molecule has 250 valence electrons. The molecule has 5 rings (SSSR count). The lowest BCUT2D eigenvalue weighted by atomic mass is 9.62. The van der Waals surface area contributed by atoms with Crippen molar-refractivity contribution >= 4 is 22.4 Å². The number of carbonyl (C=O) groups is 1. The number of ether oxygens (including phenoxy) is 4. The van der Waals surface area contributed by atoms with Crippen LogP contribution >= 0.6 is 0 Å². The maximum absolute atomic E-state index is 15.1. The van der Waals surface area contributed by atoms with Gasteiger partial charge in [-0.1, -0.05) is 78.0 Å². The van der Waals surface area contributed by atoms with Gasteiger partial charge in [-0.25, -0.2) is 0 Å². The molecule has 1 aromatic rings. The van der Waals surface area contributed by atoms with Gasteiger partial charge in [-0.3, -0.25) is 4.79 Å². The van der Waals surface area contributed by atoms with Crippen molar-refractivity contribution < 1.29 is 32.6 Å². The Labute approximate surface area is 273 Å². The third-order valence-corrected chi connectivity index (χ3v) is 20.2. The zero-order valence-electron chi connectivity index (χ0n) is 29.6. The first-order valence-electron chi connectivity index (χ1n) is 16.5. The molecule has 7 nitrogen and oxygen atoms in total. The monoisotopic (exact) mass is 656 g/mol. The van der Waals surface area contributed by atoms with Crippen LogP contribution in [0.25, 0.3) is 0 Å². The second-order valence-corrected chi connectivity index (χ2v) is 26.6.